The van der Waals surface area contributed by atoms with E-state index < -0.39 is 28.7 Å². The Bertz CT molecular complexity index is 714. The highest BCUT2D eigenvalue weighted by Crippen LogP contribution is 2.31. The van der Waals surface area contributed by atoms with E-state index in [1.165, 1.54) is 30.3 Å². The number of hydrogen-bond donors (Lipinski definition) is 2. The molecule has 1 aliphatic rings. The highest BCUT2D eigenvalue weighted by molar-refractivity contribution is 5.89. The van der Waals surface area contributed by atoms with Crippen molar-refractivity contribution in [2.24, 2.45) is 5.92 Å². The first-order valence-corrected chi connectivity index (χ1v) is 7.27. The Morgan fingerprint density at radius 3 is 2.44 bits per heavy atom. The molecule has 1 aromatic rings. The van der Waals surface area contributed by atoms with Crippen molar-refractivity contribution in [3.63, 3.8) is 0 Å². The topological polar surface area (TPSA) is 101 Å². The molecule has 0 heterocycles. The maximum absolute atomic E-state index is 12.5. The van der Waals surface area contributed by atoms with Crippen molar-refractivity contribution >= 4 is 17.4 Å². The van der Waals surface area contributed by atoms with Crippen LogP contribution in [0.25, 0.3) is 0 Å². The van der Waals surface area contributed by atoms with Gasteiger partial charge in [0.25, 0.3) is 5.69 Å². The first-order valence-electron chi connectivity index (χ1n) is 7.27. The summed E-state index contributed by atoms with van der Waals surface area (Å²) in [5.41, 5.74) is 4.99. The van der Waals surface area contributed by atoms with Crippen molar-refractivity contribution in [1.29, 1.82) is 0 Å². The zero-order valence-corrected chi connectivity index (χ0v) is 12.8. The number of carbonyl (C=O) groups is 2. The van der Waals surface area contributed by atoms with Crippen LogP contribution in [0, 0.1) is 16.0 Å². The van der Waals surface area contributed by atoms with Crippen molar-refractivity contribution in [2.45, 2.75) is 25.4 Å². The van der Waals surface area contributed by atoms with Gasteiger partial charge < -0.3 is 5.43 Å². The number of non-ortho nitro benzene ring substituents is 1. The van der Waals surface area contributed by atoms with E-state index in [0.717, 1.165) is 0 Å². The summed E-state index contributed by atoms with van der Waals surface area (Å²) in [6, 6.07) is 5.30. The number of nitrogens with one attached hydrogen (secondary N) is 2. The standard InChI is InChI=1S/C15H14F3N3O4/c16-15(17,18)14(23)11-2-1-3-12(11)19-20-13(22)8-9-4-6-10(7-5-9)21(24)25/h3-7,11,19H,1-2,8H2,(H,20,22)/t11-/m1/s1. The van der Waals surface area contributed by atoms with Crippen LogP contribution in [0.15, 0.2) is 36.0 Å². The molecule has 1 amide bonds. The summed E-state index contributed by atoms with van der Waals surface area (Å²) in [5.74, 6) is -3.76. The number of alkyl halides is 3. The van der Waals surface area contributed by atoms with Crippen LogP contribution >= 0.6 is 0 Å². The van der Waals surface area contributed by atoms with Gasteiger partial charge in [0, 0.05) is 17.8 Å². The Hall–Kier alpha value is -2.91. The summed E-state index contributed by atoms with van der Waals surface area (Å²) in [6.45, 7) is 0. The molecule has 2 N–H and O–H groups in total. The molecule has 1 atom stereocenters. The minimum Gasteiger partial charge on any atom is -0.302 e. The van der Waals surface area contributed by atoms with Gasteiger partial charge in [0.2, 0.25) is 11.7 Å². The number of nitrogens with zero attached hydrogens (tertiary/aromatic N) is 1. The fourth-order valence-electron chi connectivity index (χ4n) is 2.42. The second-order valence-electron chi connectivity index (χ2n) is 5.42. The lowest BCUT2D eigenvalue weighted by Crippen LogP contribution is -2.42. The highest BCUT2D eigenvalue weighted by atomic mass is 19.4. The summed E-state index contributed by atoms with van der Waals surface area (Å²) in [5, 5.41) is 10.5. The van der Waals surface area contributed by atoms with Gasteiger partial charge in [-0.3, -0.25) is 25.1 Å². The smallest absolute Gasteiger partial charge is 0.302 e. The number of rotatable bonds is 6. The van der Waals surface area contributed by atoms with E-state index in [-0.39, 0.29) is 24.2 Å². The predicted octanol–water partition coefficient (Wildman–Crippen LogP) is 2.18. The van der Waals surface area contributed by atoms with Crippen molar-refractivity contribution in [3.05, 3.63) is 51.7 Å². The summed E-state index contributed by atoms with van der Waals surface area (Å²) in [4.78, 5) is 33.1. The maximum Gasteiger partial charge on any atom is 0.450 e. The molecule has 1 aliphatic carbocycles. The zero-order valence-electron chi connectivity index (χ0n) is 12.8. The van der Waals surface area contributed by atoms with E-state index in [0.29, 0.717) is 12.0 Å². The van der Waals surface area contributed by atoms with Gasteiger partial charge in [0.05, 0.1) is 17.3 Å². The number of carbonyl (C=O) groups excluding carboxylic acids is 2. The molecule has 2 rings (SSSR count). The number of benzene rings is 1. The number of ketones is 1. The number of Topliss-reactive ketones (excluding diaryl/α,β-unsaturated/α-hetero) is 1. The number of hydrogen-bond acceptors (Lipinski definition) is 5. The molecule has 10 heteroatoms. The SMILES string of the molecule is O=C(Cc1ccc([N+](=O)[O-])cc1)NNC1=CCC[C@H]1C(=O)C(F)(F)F. The van der Waals surface area contributed by atoms with Crippen LogP contribution in [-0.2, 0) is 16.0 Å². The molecule has 0 spiro atoms. The fraction of sp³-hybridized carbons (Fsp3) is 0.333. The number of halogens is 3. The Kier molecular flexibility index (Phi) is 5.40. The molecule has 0 unspecified atom stereocenters. The molecular weight excluding hydrogens is 343 g/mol. The average Bonchev–Trinajstić information content (AvgIpc) is 3.00. The third-order valence-electron chi connectivity index (χ3n) is 3.65. The number of amides is 1. The largest absolute Gasteiger partial charge is 0.450 e. The molecule has 25 heavy (non-hydrogen) atoms. The lowest BCUT2D eigenvalue weighted by molar-refractivity contribution is -0.384. The third-order valence-corrected chi connectivity index (χ3v) is 3.65. The Morgan fingerprint density at radius 1 is 1.24 bits per heavy atom. The number of hydrazine groups is 1. The van der Waals surface area contributed by atoms with Crippen LogP contribution in [-0.4, -0.2) is 22.8 Å². The molecule has 0 fully saturated rings. The van der Waals surface area contributed by atoms with E-state index in [4.69, 9.17) is 0 Å². The van der Waals surface area contributed by atoms with Crippen LogP contribution in [0.5, 0.6) is 0 Å². The van der Waals surface area contributed by atoms with Gasteiger partial charge in [-0.2, -0.15) is 13.2 Å². The first kappa shape index (κ1) is 18.4. The van der Waals surface area contributed by atoms with Crippen LogP contribution in [0.2, 0.25) is 0 Å². The van der Waals surface area contributed by atoms with Crippen molar-refractivity contribution < 1.29 is 27.7 Å². The molecule has 0 bridgehead atoms. The third kappa shape index (κ3) is 4.78. The lowest BCUT2D eigenvalue weighted by atomic mass is 10.0. The van der Waals surface area contributed by atoms with Crippen LogP contribution in [0.3, 0.4) is 0 Å². The molecule has 0 radical (unpaired) electrons. The Morgan fingerprint density at radius 2 is 1.88 bits per heavy atom. The monoisotopic (exact) mass is 357 g/mol. The van der Waals surface area contributed by atoms with Gasteiger partial charge in [-0.15, -0.1) is 0 Å². The van der Waals surface area contributed by atoms with E-state index in [2.05, 4.69) is 10.9 Å². The van der Waals surface area contributed by atoms with Gasteiger partial charge in [0.1, 0.15) is 0 Å². The van der Waals surface area contributed by atoms with Gasteiger partial charge in [0.15, 0.2) is 0 Å². The zero-order chi connectivity index (χ0) is 18.6. The number of nitro groups is 1. The number of nitro benzene ring substituents is 1. The van der Waals surface area contributed by atoms with Gasteiger partial charge in [-0.25, -0.2) is 0 Å². The number of allylic oxidation sites excluding steroid dienone is 2. The minimum absolute atomic E-state index is 0.0133. The van der Waals surface area contributed by atoms with Crippen LogP contribution < -0.4 is 10.9 Å². The molecule has 7 nitrogen and oxygen atoms in total. The summed E-state index contributed by atoms with van der Waals surface area (Å²) < 4.78 is 37.5. The second-order valence-corrected chi connectivity index (χ2v) is 5.42. The molecule has 134 valence electrons. The molecule has 0 saturated carbocycles. The van der Waals surface area contributed by atoms with Crippen molar-refractivity contribution in [2.75, 3.05) is 0 Å². The molecule has 0 saturated heterocycles. The van der Waals surface area contributed by atoms with E-state index in [9.17, 15) is 32.9 Å². The fourth-order valence-corrected chi connectivity index (χ4v) is 2.42. The second kappa shape index (κ2) is 7.32. The van der Waals surface area contributed by atoms with E-state index in [1.807, 2.05) is 0 Å². The minimum atomic E-state index is -4.93. The highest BCUT2D eigenvalue weighted by Gasteiger charge is 2.45. The van der Waals surface area contributed by atoms with Gasteiger partial charge in [-0.05, 0) is 18.4 Å². The normalized spacial score (nSPS) is 16.9. The Labute approximate surface area is 140 Å². The van der Waals surface area contributed by atoms with Crippen molar-refractivity contribution in [1.82, 2.24) is 10.9 Å². The molecule has 0 aliphatic heterocycles. The summed E-state index contributed by atoms with van der Waals surface area (Å²) in [7, 11) is 0. The molecule has 0 aromatic heterocycles. The van der Waals surface area contributed by atoms with Crippen LogP contribution in [0.4, 0.5) is 18.9 Å². The average molecular weight is 357 g/mol. The molecular formula is C15H14F3N3O4. The molecule has 1 aromatic carbocycles. The summed E-state index contributed by atoms with van der Waals surface area (Å²) >= 11 is 0. The van der Waals surface area contributed by atoms with E-state index in [1.54, 1.807) is 0 Å². The van der Waals surface area contributed by atoms with Crippen LogP contribution in [0.1, 0.15) is 18.4 Å². The lowest BCUT2D eigenvalue weighted by Gasteiger charge is -2.17. The van der Waals surface area contributed by atoms with E-state index >= 15 is 0 Å². The summed E-state index contributed by atoms with van der Waals surface area (Å²) in [6.07, 6.45) is -3.30. The van der Waals surface area contributed by atoms with Gasteiger partial charge >= 0.3 is 6.18 Å². The Balaban J connectivity index is 1.89. The predicted molar refractivity (Wildman–Crippen MR) is 79.9 cm³/mol. The maximum atomic E-state index is 12.5. The van der Waals surface area contributed by atoms with Gasteiger partial charge in [-0.1, -0.05) is 18.2 Å². The van der Waals surface area contributed by atoms with Crippen molar-refractivity contribution in [3.8, 4) is 0 Å². The quantitative estimate of drug-likeness (QED) is 0.600. The first-order chi connectivity index (χ1) is 11.7.